The number of ether oxygens (including phenoxy) is 1. The zero-order valence-corrected chi connectivity index (χ0v) is 18.0. The molecule has 1 aliphatic rings. The standard InChI is InChI=1S/C24H27N3O2S/c1-29-21-12-6-5-10-19(21)16-27-14-7-11-20(17-27)22(24-25-13-15-30-24)26-23(28)18-8-3-2-4-9-18/h2-6,8-10,12-13,15,20,22H,7,11,14,16-17H2,1H3,(H,26,28)/t20-,22+/m1/s1. The number of amides is 1. The van der Waals surface area contributed by atoms with Gasteiger partial charge in [-0.3, -0.25) is 9.69 Å². The highest BCUT2D eigenvalue weighted by molar-refractivity contribution is 7.09. The smallest absolute Gasteiger partial charge is 0.251 e. The predicted molar refractivity (Wildman–Crippen MR) is 120 cm³/mol. The summed E-state index contributed by atoms with van der Waals surface area (Å²) in [6, 6.07) is 17.5. The van der Waals surface area contributed by atoms with Crippen LogP contribution in [-0.4, -0.2) is 36.0 Å². The van der Waals surface area contributed by atoms with E-state index in [-0.39, 0.29) is 11.9 Å². The Bertz CT molecular complexity index is 946. The van der Waals surface area contributed by atoms with Gasteiger partial charge in [0, 0.05) is 35.8 Å². The van der Waals surface area contributed by atoms with Gasteiger partial charge in [0.15, 0.2) is 0 Å². The fourth-order valence-corrected chi connectivity index (χ4v) is 4.95. The fourth-order valence-electron chi connectivity index (χ4n) is 4.16. The molecule has 0 bridgehead atoms. The fraction of sp³-hybridized carbons (Fsp3) is 0.333. The molecule has 2 heterocycles. The van der Waals surface area contributed by atoms with Crippen molar-refractivity contribution in [3.63, 3.8) is 0 Å². The summed E-state index contributed by atoms with van der Waals surface area (Å²) in [6.45, 7) is 2.81. The largest absolute Gasteiger partial charge is 0.496 e. The summed E-state index contributed by atoms with van der Waals surface area (Å²) >= 11 is 1.61. The molecule has 30 heavy (non-hydrogen) atoms. The molecule has 3 aromatic rings. The molecule has 1 aromatic heterocycles. The second-order valence-corrected chi connectivity index (χ2v) is 8.56. The number of carbonyl (C=O) groups excluding carboxylic acids is 1. The molecule has 1 aliphatic heterocycles. The zero-order valence-electron chi connectivity index (χ0n) is 17.2. The van der Waals surface area contributed by atoms with Crippen LogP contribution < -0.4 is 10.1 Å². The maximum absolute atomic E-state index is 12.9. The Hall–Kier alpha value is -2.70. The molecule has 156 valence electrons. The number of nitrogens with one attached hydrogen (secondary N) is 1. The Balaban J connectivity index is 1.50. The van der Waals surface area contributed by atoms with Gasteiger partial charge in [0.2, 0.25) is 0 Å². The molecule has 2 aromatic carbocycles. The van der Waals surface area contributed by atoms with Crippen LogP contribution in [0.2, 0.25) is 0 Å². The molecular weight excluding hydrogens is 394 g/mol. The van der Waals surface area contributed by atoms with Gasteiger partial charge in [0.05, 0.1) is 13.2 Å². The number of methoxy groups -OCH3 is 1. The minimum atomic E-state index is -0.0850. The Morgan fingerprint density at radius 2 is 2.03 bits per heavy atom. The van der Waals surface area contributed by atoms with Crippen molar-refractivity contribution in [3.8, 4) is 5.75 Å². The SMILES string of the molecule is COc1ccccc1CN1CCC[C@@H]([C@H](NC(=O)c2ccccc2)c2nccs2)C1. The van der Waals surface area contributed by atoms with Crippen LogP contribution in [0.25, 0.3) is 0 Å². The first-order valence-corrected chi connectivity index (χ1v) is 11.2. The zero-order chi connectivity index (χ0) is 20.8. The highest BCUT2D eigenvalue weighted by Crippen LogP contribution is 2.32. The number of likely N-dealkylation sites (tertiary alicyclic amines) is 1. The van der Waals surface area contributed by atoms with Gasteiger partial charge >= 0.3 is 0 Å². The Labute approximate surface area is 181 Å². The molecule has 1 amide bonds. The van der Waals surface area contributed by atoms with Crippen LogP contribution in [0.4, 0.5) is 0 Å². The molecular formula is C24H27N3O2S. The monoisotopic (exact) mass is 421 g/mol. The van der Waals surface area contributed by atoms with Gasteiger partial charge in [-0.25, -0.2) is 4.98 Å². The van der Waals surface area contributed by atoms with Crippen molar-refractivity contribution < 1.29 is 9.53 Å². The molecule has 6 heteroatoms. The number of piperidine rings is 1. The van der Waals surface area contributed by atoms with Crippen molar-refractivity contribution in [1.29, 1.82) is 0 Å². The van der Waals surface area contributed by atoms with Crippen molar-refractivity contribution in [2.75, 3.05) is 20.2 Å². The van der Waals surface area contributed by atoms with E-state index >= 15 is 0 Å². The lowest BCUT2D eigenvalue weighted by atomic mass is 9.90. The van der Waals surface area contributed by atoms with Gasteiger partial charge < -0.3 is 10.1 Å². The Morgan fingerprint density at radius 3 is 2.80 bits per heavy atom. The topological polar surface area (TPSA) is 54.5 Å². The van der Waals surface area contributed by atoms with Crippen molar-refractivity contribution >= 4 is 17.2 Å². The third-order valence-electron chi connectivity index (χ3n) is 5.64. The minimum Gasteiger partial charge on any atom is -0.496 e. The number of nitrogens with zero attached hydrogens (tertiary/aromatic N) is 2. The summed E-state index contributed by atoms with van der Waals surface area (Å²) in [7, 11) is 1.72. The van der Waals surface area contributed by atoms with E-state index < -0.39 is 0 Å². The lowest BCUT2D eigenvalue weighted by Crippen LogP contribution is -2.42. The highest BCUT2D eigenvalue weighted by Gasteiger charge is 2.31. The number of hydrogen-bond acceptors (Lipinski definition) is 5. The van der Waals surface area contributed by atoms with Gasteiger partial charge in [0.25, 0.3) is 5.91 Å². The quantitative estimate of drug-likeness (QED) is 0.609. The van der Waals surface area contributed by atoms with Crippen LogP contribution in [-0.2, 0) is 6.54 Å². The van der Waals surface area contributed by atoms with Crippen LogP contribution in [0, 0.1) is 5.92 Å². The van der Waals surface area contributed by atoms with E-state index in [4.69, 9.17) is 4.74 Å². The molecule has 1 saturated heterocycles. The third-order valence-corrected chi connectivity index (χ3v) is 6.50. The summed E-state index contributed by atoms with van der Waals surface area (Å²) in [4.78, 5) is 19.9. The summed E-state index contributed by atoms with van der Waals surface area (Å²) in [6.07, 6.45) is 3.99. The molecule has 0 unspecified atom stereocenters. The van der Waals surface area contributed by atoms with E-state index in [0.29, 0.717) is 11.5 Å². The lowest BCUT2D eigenvalue weighted by Gasteiger charge is -2.36. The second-order valence-electron chi connectivity index (χ2n) is 7.64. The number of hydrogen-bond donors (Lipinski definition) is 1. The van der Waals surface area contributed by atoms with Gasteiger partial charge in [-0.1, -0.05) is 36.4 Å². The van der Waals surface area contributed by atoms with Crippen LogP contribution in [0.1, 0.15) is 39.8 Å². The molecule has 0 aliphatic carbocycles. The molecule has 4 rings (SSSR count). The van der Waals surface area contributed by atoms with E-state index in [1.807, 2.05) is 54.0 Å². The molecule has 1 fully saturated rings. The van der Waals surface area contributed by atoms with E-state index in [0.717, 1.165) is 43.2 Å². The van der Waals surface area contributed by atoms with Crippen LogP contribution in [0.5, 0.6) is 5.75 Å². The molecule has 0 saturated carbocycles. The maximum atomic E-state index is 12.9. The van der Waals surface area contributed by atoms with Gasteiger partial charge in [-0.05, 0) is 43.5 Å². The van der Waals surface area contributed by atoms with Crippen LogP contribution >= 0.6 is 11.3 Å². The van der Waals surface area contributed by atoms with Crippen LogP contribution in [0.3, 0.4) is 0 Å². The number of carbonyl (C=O) groups is 1. The van der Waals surface area contributed by atoms with Crippen molar-refractivity contribution in [3.05, 3.63) is 82.3 Å². The molecule has 0 spiro atoms. The molecule has 0 radical (unpaired) electrons. The second kappa shape index (κ2) is 9.87. The molecule has 2 atom stereocenters. The average molecular weight is 422 g/mol. The average Bonchev–Trinajstić information content (AvgIpc) is 3.33. The number of para-hydroxylation sites is 1. The molecule has 5 nitrogen and oxygen atoms in total. The van der Waals surface area contributed by atoms with Gasteiger partial charge in [-0.2, -0.15) is 0 Å². The Kier molecular flexibility index (Phi) is 6.77. The van der Waals surface area contributed by atoms with Gasteiger partial charge in [0.1, 0.15) is 10.8 Å². The molecule has 1 N–H and O–H groups in total. The van der Waals surface area contributed by atoms with Crippen molar-refractivity contribution in [1.82, 2.24) is 15.2 Å². The summed E-state index contributed by atoms with van der Waals surface area (Å²) in [5.41, 5.74) is 1.88. The van der Waals surface area contributed by atoms with Crippen LogP contribution in [0.15, 0.2) is 66.2 Å². The van der Waals surface area contributed by atoms with Gasteiger partial charge in [-0.15, -0.1) is 11.3 Å². The summed E-state index contributed by atoms with van der Waals surface area (Å²) in [5, 5.41) is 6.22. The lowest BCUT2D eigenvalue weighted by molar-refractivity contribution is 0.0877. The first-order valence-electron chi connectivity index (χ1n) is 10.3. The third kappa shape index (κ3) is 4.89. The number of benzene rings is 2. The van der Waals surface area contributed by atoms with E-state index in [1.165, 1.54) is 5.56 Å². The first kappa shape index (κ1) is 20.6. The number of rotatable bonds is 7. The minimum absolute atomic E-state index is 0.0438. The predicted octanol–water partition coefficient (Wildman–Crippen LogP) is 4.54. The number of thiazole rings is 1. The summed E-state index contributed by atoms with van der Waals surface area (Å²) < 4.78 is 5.53. The summed E-state index contributed by atoms with van der Waals surface area (Å²) in [5.74, 6) is 1.19. The van der Waals surface area contributed by atoms with E-state index in [1.54, 1.807) is 18.4 Å². The Morgan fingerprint density at radius 1 is 1.23 bits per heavy atom. The number of aromatic nitrogens is 1. The normalized spacial score (nSPS) is 18.0. The maximum Gasteiger partial charge on any atom is 0.251 e. The highest BCUT2D eigenvalue weighted by atomic mass is 32.1. The van der Waals surface area contributed by atoms with E-state index in [9.17, 15) is 4.79 Å². The van der Waals surface area contributed by atoms with E-state index in [2.05, 4.69) is 27.3 Å². The van der Waals surface area contributed by atoms with Crippen molar-refractivity contribution in [2.24, 2.45) is 5.92 Å². The van der Waals surface area contributed by atoms with Crippen molar-refractivity contribution in [2.45, 2.75) is 25.4 Å². The first-order chi connectivity index (χ1) is 14.7.